The molecule has 1 saturated heterocycles. The maximum atomic E-state index is 12.8. The second kappa shape index (κ2) is 10.8. The Morgan fingerprint density at radius 3 is 1.82 bits per heavy atom. The summed E-state index contributed by atoms with van der Waals surface area (Å²) in [6.45, 7) is 23.0. The number of likely N-dealkylation sites (tertiary alicyclic amines) is 1. The molecule has 0 bridgehead atoms. The fourth-order valence-electron chi connectivity index (χ4n) is 7.08. The Morgan fingerprint density at radius 1 is 1.00 bits per heavy atom. The zero-order chi connectivity index (χ0) is 29.6. The number of phenols is 1. The van der Waals surface area contributed by atoms with Gasteiger partial charge in [0.05, 0.1) is 0 Å². The Balaban J connectivity index is 2.94. The number of nitrogens with zero attached hydrogens (tertiary/aromatic N) is 1. The smallest absolute Gasteiger partial charge is 0.318 e. The minimum absolute atomic E-state index is 0.0991. The van der Waals surface area contributed by atoms with Crippen LogP contribution in [0.2, 0.25) is 0 Å². The van der Waals surface area contributed by atoms with E-state index in [-0.39, 0.29) is 40.0 Å². The van der Waals surface area contributed by atoms with Gasteiger partial charge in [0.25, 0.3) is 0 Å². The van der Waals surface area contributed by atoms with Crippen molar-refractivity contribution in [2.45, 2.75) is 124 Å². The molecular weight excluding hydrogens is 478 g/mol. The SMILES string of the molecule is CCCC(Cc1cc(C(C)(C)C)c(O)c(C(C)(C)C)c1)(C(C(=O)O)C(=O)O)C1CC(C)(C)N(C)C(C)C1C. The van der Waals surface area contributed by atoms with Crippen molar-refractivity contribution >= 4 is 11.9 Å². The molecule has 1 fully saturated rings. The molecule has 6 heteroatoms. The van der Waals surface area contributed by atoms with Crippen molar-refractivity contribution in [1.82, 2.24) is 4.90 Å². The highest BCUT2D eigenvalue weighted by atomic mass is 16.4. The van der Waals surface area contributed by atoms with Gasteiger partial charge in [-0.3, -0.25) is 14.5 Å². The molecule has 0 aromatic heterocycles. The average molecular weight is 532 g/mol. The van der Waals surface area contributed by atoms with Crippen LogP contribution < -0.4 is 0 Å². The van der Waals surface area contributed by atoms with E-state index in [9.17, 15) is 24.9 Å². The summed E-state index contributed by atoms with van der Waals surface area (Å²) >= 11 is 0. The second-order valence-electron chi connectivity index (χ2n) is 14.6. The third-order valence-corrected chi connectivity index (χ3v) is 9.52. The molecule has 2 rings (SSSR count). The van der Waals surface area contributed by atoms with Crippen LogP contribution >= 0.6 is 0 Å². The van der Waals surface area contributed by atoms with Gasteiger partial charge in [-0.15, -0.1) is 0 Å². The first-order chi connectivity index (χ1) is 17.1. The van der Waals surface area contributed by atoms with Crippen LogP contribution in [0.4, 0.5) is 0 Å². The Morgan fingerprint density at radius 2 is 1.45 bits per heavy atom. The van der Waals surface area contributed by atoms with Crippen molar-refractivity contribution in [1.29, 1.82) is 0 Å². The summed E-state index contributed by atoms with van der Waals surface area (Å²) in [6, 6.07) is 4.15. The molecule has 1 aliphatic rings. The van der Waals surface area contributed by atoms with Crippen molar-refractivity contribution in [3.8, 4) is 5.75 Å². The third-order valence-electron chi connectivity index (χ3n) is 9.52. The standard InChI is InChI=1S/C32H53NO5/c1-13-14-32(25(27(35)36)28(37)38,24-18-31(10,11)33(12)20(3)19(24)2)17-21-15-22(29(4,5)6)26(34)23(16-21)30(7,8)9/h15-16,19-20,24-25,34H,13-14,17-18H2,1-12H3,(H,35,36)(H,37,38). The highest BCUT2D eigenvalue weighted by molar-refractivity contribution is 5.94. The van der Waals surface area contributed by atoms with E-state index in [2.05, 4.69) is 81.2 Å². The minimum atomic E-state index is -1.54. The number of aliphatic carboxylic acids is 2. The third kappa shape index (κ3) is 6.05. The Hall–Kier alpha value is -2.08. The predicted molar refractivity (Wildman–Crippen MR) is 154 cm³/mol. The van der Waals surface area contributed by atoms with Crippen molar-refractivity contribution in [2.75, 3.05) is 7.05 Å². The zero-order valence-electron chi connectivity index (χ0n) is 25.9. The van der Waals surface area contributed by atoms with Crippen LogP contribution in [0.3, 0.4) is 0 Å². The summed E-state index contributed by atoms with van der Waals surface area (Å²) < 4.78 is 0. The Bertz CT molecular complexity index is 982. The number of benzene rings is 1. The molecule has 38 heavy (non-hydrogen) atoms. The van der Waals surface area contributed by atoms with E-state index in [1.54, 1.807) is 0 Å². The first-order valence-electron chi connectivity index (χ1n) is 14.2. The summed E-state index contributed by atoms with van der Waals surface area (Å²) in [7, 11) is 2.11. The highest BCUT2D eigenvalue weighted by Gasteiger charge is 2.57. The summed E-state index contributed by atoms with van der Waals surface area (Å²) in [5.41, 5.74) is 0.609. The minimum Gasteiger partial charge on any atom is -0.507 e. The number of piperidine rings is 1. The van der Waals surface area contributed by atoms with Gasteiger partial charge in [-0.1, -0.05) is 73.9 Å². The Kier molecular flexibility index (Phi) is 9.15. The molecule has 0 saturated carbocycles. The molecule has 1 aromatic carbocycles. The number of aromatic hydroxyl groups is 1. The number of phenolic OH excluding ortho intramolecular Hbond substituents is 1. The van der Waals surface area contributed by atoms with Crippen molar-refractivity contribution in [3.63, 3.8) is 0 Å². The molecule has 0 amide bonds. The predicted octanol–water partition coefficient (Wildman–Crippen LogP) is 6.86. The molecule has 216 valence electrons. The lowest BCUT2D eigenvalue weighted by Gasteiger charge is -2.57. The van der Waals surface area contributed by atoms with Gasteiger partial charge in [0, 0.05) is 17.0 Å². The monoisotopic (exact) mass is 531 g/mol. The molecular formula is C32H53NO5. The van der Waals surface area contributed by atoms with Crippen LogP contribution in [0.1, 0.15) is 112 Å². The quantitative estimate of drug-likeness (QED) is 0.317. The van der Waals surface area contributed by atoms with E-state index in [0.717, 1.165) is 16.7 Å². The first kappa shape index (κ1) is 32.1. The number of carbonyl (C=O) groups is 2. The number of carboxylic acid groups (broad SMARTS) is 2. The van der Waals surface area contributed by atoms with Gasteiger partial charge >= 0.3 is 11.9 Å². The Labute approximate surface area is 230 Å². The van der Waals surface area contributed by atoms with Gasteiger partial charge in [-0.05, 0) is 86.4 Å². The molecule has 1 aliphatic heterocycles. The van der Waals surface area contributed by atoms with Crippen molar-refractivity contribution in [3.05, 3.63) is 28.8 Å². The second-order valence-corrected chi connectivity index (χ2v) is 14.6. The lowest BCUT2D eigenvalue weighted by atomic mass is 9.53. The lowest BCUT2D eigenvalue weighted by molar-refractivity contribution is -0.170. The van der Waals surface area contributed by atoms with E-state index >= 15 is 0 Å². The highest BCUT2D eigenvalue weighted by Crippen LogP contribution is 2.55. The van der Waals surface area contributed by atoms with Gasteiger partial charge in [0.1, 0.15) is 5.75 Å². The molecule has 4 atom stereocenters. The van der Waals surface area contributed by atoms with E-state index in [4.69, 9.17) is 0 Å². The lowest BCUT2D eigenvalue weighted by Crippen LogP contribution is -2.61. The van der Waals surface area contributed by atoms with Crippen molar-refractivity contribution in [2.24, 2.45) is 23.2 Å². The van der Waals surface area contributed by atoms with E-state index < -0.39 is 23.3 Å². The number of hydrogen-bond acceptors (Lipinski definition) is 4. The maximum absolute atomic E-state index is 12.8. The fourth-order valence-corrected chi connectivity index (χ4v) is 7.08. The van der Waals surface area contributed by atoms with Crippen LogP contribution in [-0.4, -0.2) is 50.8 Å². The number of hydrogen-bond donors (Lipinski definition) is 3. The molecule has 4 unspecified atom stereocenters. The van der Waals surface area contributed by atoms with E-state index in [1.165, 1.54) is 0 Å². The maximum Gasteiger partial charge on any atom is 0.318 e. The van der Waals surface area contributed by atoms with Crippen LogP contribution in [-0.2, 0) is 26.8 Å². The van der Waals surface area contributed by atoms with Gasteiger partial charge in [0.15, 0.2) is 5.92 Å². The summed E-state index contributed by atoms with van der Waals surface area (Å²) in [6.07, 6.45) is 2.22. The molecule has 0 radical (unpaired) electrons. The number of rotatable bonds is 8. The normalized spacial score (nSPS) is 24.3. The molecule has 1 heterocycles. The van der Waals surface area contributed by atoms with Crippen molar-refractivity contribution < 1.29 is 24.9 Å². The van der Waals surface area contributed by atoms with Crippen LogP contribution in [0.25, 0.3) is 0 Å². The topological polar surface area (TPSA) is 98.1 Å². The van der Waals surface area contributed by atoms with E-state index in [1.807, 2.05) is 19.1 Å². The molecule has 6 nitrogen and oxygen atoms in total. The zero-order valence-corrected chi connectivity index (χ0v) is 25.9. The summed E-state index contributed by atoms with van der Waals surface area (Å²) in [5, 5.41) is 32.2. The van der Waals surface area contributed by atoms with Gasteiger partial charge in [0.2, 0.25) is 0 Å². The average Bonchev–Trinajstić information content (AvgIpc) is 2.74. The summed E-state index contributed by atoms with van der Waals surface area (Å²) in [4.78, 5) is 27.9. The molecule has 3 N–H and O–H groups in total. The summed E-state index contributed by atoms with van der Waals surface area (Å²) in [5.74, 6) is -3.83. The van der Waals surface area contributed by atoms with Crippen LogP contribution in [0.5, 0.6) is 5.75 Å². The largest absolute Gasteiger partial charge is 0.507 e. The van der Waals surface area contributed by atoms with Gasteiger partial charge in [-0.25, -0.2) is 0 Å². The van der Waals surface area contributed by atoms with Gasteiger partial charge in [-0.2, -0.15) is 0 Å². The molecule has 0 aliphatic carbocycles. The van der Waals surface area contributed by atoms with Gasteiger partial charge < -0.3 is 15.3 Å². The van der Waals surface area contributed by atoms with Crippen LogP contribution in [0.15, 0.2) is 12.1 Å². The molecule has 1 aromatic rings. The molecule has 0 spiro atoms. The fraction of sp³-hybridized carbons (Fsp3) is 0.750. The van der Waals surface area contributed by atoms with E-state index in [0.29, 0.717) is 25.7 Å². The van der Waals surface area contributed by atoms with Crippen LogP contribution in [0, 0.1) is 23.2 Å². The number of carboxylic acids is 2. The first-order valence-corrected chi connectivity index (χ1v) is 14.2.